The maximum absolute atomic E-state index is 8.29. The van der Waals surface area contributed by atoms with Crippen LogP contribution in [0.4, 0.5) is 0 Å². The summed E-state index contributed by atoms with van der Waals surface area (Å²) in [6.07, 6.45) is 1.35. The van der Waals surface area contributed by atoms with Gasteiger partial charge in [-0.3, -0.25) is 0 Å². The number of aliphatic hydroxyl groups excluding tert-OH is 1. The van der Waals surface area contributed by atoms with E-state index in [4.69, 9.17) is 15.6 Å². The Morgan fingerprint density at radius 2 is 2.50 bits per heavy atom. The normalized spacial score (nSPS) is 11.5. The number of aliphatic hydroxyl groups is 1. The zero-order valence-corrected chi connectivity index (χ0v) is 4.92. The van der Waals surface area contributed by atoms with Gasteiger partial charge in [0.05, 0.1) is 18.9 Å². The predicted molar refractivity (Wildman–Crippen MR) is 31.0 cm³/mol. The van der Waals surface area contributed by atoms with Gasteiger partial charge < -0.3 is 15.6 Å². The van der Waals surface area contributed by atoms with Crippen LogP contribution in [0.2, 0.25) is 0 Å². The van der Waals surface area contributed by atoms with E-state index in [1.54, 1.807) is 0 Å². The SMILES string of the molecule is CCO/C=C(/N)CO. The molecule has 0 unspecified atom stereocenters. The van der Waals surface area contributed by atoms with E-state index in [1.165, 1.54) is 6.26 Å². The zero-order chi connectivity index (χ0) is 6.41. The summed E-state index contributed by atoms with van der Waals surface area (Å²) < 4.78 is 4.74. The van der Waals surface area contributed by atoms with Crippen LogP contribution in [0.1, 0.15) is 6.92 Å². The van der Waals surface area contributed by atoms with E-state index in [-0.39, 0.29) is 6.61 Å². The van der Waals surface area contributed by atoms with Gasteiger partial charge in [-0.05, 0) is 6.92 Å². The Bertz CT molecular complexity index is 80.5. The van der Waals surface area contributed by atoms with Gasteiger partial charge in [0.15, 0.2) is 0 Å². The predicted octanol–water partition coefficient (Wildman–Crippen LogP) is -0.185. The first-order valence-electron chi connectivity index (χ1n) is 2.48. The highest BCUT2D eigenvalue weighted by molar-refractivity contribution is 4.89. The van der Waals surface area contributed by atoms with Crippen molar-refractivity contribution >= 4 is 0 Å². The Kier molecular flexibility index (Phi) is 4.07. The van der Waals surface area contributed by atoms with Crippen LogP contribution in [0.25, 0.3) is 0 Å². The summed E-state index contributed by atoms with van der Waals surface area (Å²) in [7, 11) is 0. The van der Waals surface area contributed by atoms with Crippen molar-refractivity contribution in [1.29, 1.82) is 0 Å². The standard InChI is InChI=1S/C5H11NO2/c1-2-8-4-5(6)3-7/h4,7H,2-3,6H2,1H3/b5-4+. The molecule has 3 N–H and O–H groups in total. The molecule has 0 aromatic rings. The summed E-state index contributed by atoms with van der Waals surface area (Å²) in [5.74, 6) is 0. The fraction of sp³-hybridized carbons (Fsp3) is 0.600. The summed E-state index contributed by atoms with van der Waals surface area (Å²) in [5.41, 5.74) is 5.50. The molecule has 0 amide bonds. The minimum atomic E-state index is -0.139. The fourth-order valence-electron chi connectivity index (χ4n) is 0.228. The van der Waals surface area contributed by atoms with Crippen molar-refractivity contribution < 1.29 is 9.84 Å². The van der Waals surface area contributed by atoms with Crippen molar-refractivity contribution in [1.82, 2.24) is 0 Å². The molecule has 0 spiro atoms. The van der Waals surface area contributed by atoms with Crippen LogP contribution in [0, 0.1) is 0 Å². The third-order valence-corrected chi connectivity index (χ3v) is 0.584. The first-order chi connectivity index (χ1) is 3.81. The molecule has 0 fully saturated rings. The Balaban J connectivity index is 3.26. The van der Waals surface area contributed by atoms with Gasteiger partial charge in [0.1, 0.15) is 6.26 Å². The van der Waals surface area contributed by atoms with Crippen molar-refractivity contribution in [2.24, 2.45) is 5.73 Å². The average Bonchev–Trinajstić information content (AvgIpc) is 1.83. The van der Waals surface area contributed by atoms with Crippen molar-refractivity contribution in [3.63, 3.8) is 0 Å². The number of hydrogen-bond donors (Lipinski definition) is 2. The zero-order valence-electron chi connectivity index (χ0n) is 4.92. The van der Waals surface area contributed by atoms with Crippen LogP contribution in [-0.2, 0) is 4.74 Å². The van der Waals surface area contributed by atoms with Crippen molar-refractivity contribution in [2.45, 2.75) is 6.92 Å². The molecule has 0 aliphatic rings. The van der Waals surface area contributed by atoms with Crippen LogP contribution >= 0.6 is 0 Å². The largest absolute Gasteiger partial charge is 0.500 e. The highest BCUT2D eigenvalue weighted by Gasteiger charge is 1.81. The van der Waals surface area contributed by atoms with Crippen molar-refractivity contribution in [3.05, 3.63) is 12.0 Å². The molecule has 3 heteroatoms. The molecular weight excluding hydrogens is 106 g/mol. The molecular formula is C5H11NO2. The molecule has 0 heterocycles. The number of ether oxygens (including phenoxy) is 1. The number of nitrogens with two attached hydrogens (primary N) is 1. The van der Waals surface area contributed by atoms with Gasteiger partial charge in [-0.1, -0.05) is 0 Å². The molecule has 0 aromatic carbocycles. The van der Waals surface area contributed by atoms with Crippen LogP contribution in [0.5, 0.6) is 0 Å². The molecule has 0 radical (unpaired) electrons. The van der Waals surface area contributed by atoms with Gasteiger partial charge in [-0.15, -0.1) is 0 Å². The summed E-state index contributed by atoms with van der Waals surface area (Å²) in [4.78, 5) is 0. The van der Waals surface area contributed by atoms with Gasteiger partial charge in [0.25, 0.3) is 0 Å². The molecule has 0 rings (SSSR count). The number of rotatable bonds is 3. The van der Waals surface area contributed by atoms with Crippen molar-refractivity contribution in [3.8, 4) is 0 Å². The lowest BCUT2D eigenvalue weighted by atomic mass is 10.5. The Morgan fingerprint density at radius 3 is 2.88 bits per heavy atom. The van der Waals surface area contributed by atoms with Crippen LogP contribution in [0.3, 0.4) is 0 Å². The molecule has 48 valence electrons. The van der Waals surface area contributed by atoms with E-state index in [9.17, 15) is 0 Å². The second-order valence-electron chi connectivity index (χ2n) is 1.31. The van der Waals surface area contributed by atoms with E-state index >= 15 is 0 Å². The minimum absolute atomic E-state index is 0.139. The third-order valence-electron chi connectivity index (χ3n) is 0.584. The van der Waals surface area contributed by atoms with E-state index in [0.29, 0.717) is 12.3 Å². The lowest BCUT2D eigenvalue weighted by Crippen LogP contribution is -2.02. The highest BCUT2D eigenvalue weighted by atomic mass is 16.5. The third kappa shape index (κ3) is 3.49. The van der Waals surface area contributed by atoms with E-state index in [0.717, 1.165) is 0 Å². The van der Waals surface area contributed by atoms with Gasteiger partial charge in [0.2, 0.25) is 0 Å². The monoisotopic (exact) mass is 117 g/mol. The molecule has 8 heavy (non-hydrogen) atoms. The second kappa shape index (κ2) is 4.46. The van der Waals surface area contributed by atoms with Gasteiger partial charge in [-0.25, -0.2) is 0 Å². The highest BCUT2D eigenvalue weighted by Crippen LogP contribution is 1.81. The van der Waals surface area contributed by atoms with Crippen molar-refractivity contribution in [2.75, 3.05) is 13.2 Å². The molecule has 3 nitrogen and oxygen atoms in total. The van der Waals surface area contributed by atoms with Gasteiger partial charge in [0, 0.05) is 0 Å². The quantitative estimate of drug-likeness (QED) is 0.504. The van der Waals surface area contributed by atoms with E-state index < -0.39 is 0 Å². The lowest BCUT2D eigenvalue weighted by molar-refractivity contribution is 0.255. The second-order valence-corrected chi connectivity index (χ2v) is 1.31. The smallest absolute Gasteiger partial charge is 0.104 e. The van der Waals surface area contributed by atoms with Crippen LogP contribution in [-0.4, -0.2) is 18.3 Å². The lowest BCUT2D eigenvalue weighted by Gasteiger charge is -1.94. The fourth-order valence-corrected chi connectivity index (χ4v) is 0.228. The Morgan fingerprint density at radius 1 is 1.88 bits per heavy atom. The summed E-state index contributed by atoms with van der Waals surface area (Å²) in [5, 5.41) is 8.29. The van der Waals surface area contributed by atoms with Gasteiger partial charge >= 0.3 is 0 Å². The maximum atomic E-state index is 8.29. The van der Waals surface area contributed by atoms with Crippen LogP contribution in [0.15, 0.2) is 12.0 Å². The molecule has 0 bridgehead atoms. The topological polar surface area (TPSA) is 55.5 Å². The molecule has 0 aliphatic heterocycles. The molecule has 0 aliphatic carbocycles. The van der Waals surface area contributed by atoms with Crippen LogP contribution < -0.4 is 5.73 Å². The number of hydrogen-bond acceptors (Lipinski definition) is 3. The molecule has 0 atom stereocenters. The first-order valence-corrected chi connectivity index (χ1v) is 2.48. The Hall–Kier alpha value is -0.700. The first kappa shape index (κ1) is 7.30. The maximum Gasteiger partial charge on any atom is 0.104 e. The summed E-state index contributed by atoms with van der Waals surface area (Å²) in [6, 6.07) is 0. The Labute approximate surface area is 48.8 Å². The summed E-state index contributed by atoms with van der Waals surface area (Å²) in [6.45, 7) is 2.29. The molecule has 0 saturated carbocycles. The molecule has 0 saturated heterocycles. The minimum Gasteiger partial charge on any atom is -0.500 e. The van der Waals surface area contributed by atoms with E-state index in [1.807, 2.05) is 6.92 Å². The van der Waals surface area contributed by atoms with E-state index in [2.05, 4.69) is 0 Å². The average molecular weight is 117 g/mol. The summed E-state index contributed by atoms with van der Waals surface area (Å²) >= 11 is 0. The molecule has 0 aromatic heterocycles. The van der Waals surface area contributed by atoms with Gasteiger partial charge in [-0.2, -0.15) is 0 Å².